The average Bonchev–Trinajstić information content (AvgIpc) is 2.15. The Balaban J connectivity index is 0.000000810. The van der Waals surface area contributed by atoms with Crippen LogP contribution in [0.2, 0.25) is 0 Å². The van der Waals surface area contributed by atoms with Gasteiger partial charge in [-0.05, 0) is 6.07 Å². The van der Waals surface area contributed by atoms with Crippen LogP contribution >= 0.6 is 0 Å². The van der Waals surface area contributed by atoms with E-state index in [0.717, 1.165) is 4.85 Å². The molecule has 0 saturated heterocycles. The van der Waals surface area contributed by atoms with Crippen molar-refractivity contribution < 1.29 is 34.9 Å². The molecular formula is C3H5BIrN2O3. The van der Waals surface area contributed by atoms with E-state index in [1.165, 1.54) is 12.4 Å². The van der Waals surface area contributed by atoms with Crippen molar-refractivity contribution in [2.24, 2.45) is 0 Å². The molecule has 0 amide bonds. The van der Waals surface area contributed by atoms with Gasteiger partial charge in [0.15, 0.2) is 0 Å². The van der Waals surface area contributed by atoms with E-state index < -0.39 is 7.32 Å². The summed E-state index contributed by atoms with van der Waals surface area (Å²) in [6.45, 7) is 0. The molecule has 7 heteroatoms. The first-order valence-corrected chi connectivity index (χ1v) is 2.32. The van der Waals surface area contributed by atoms with Gasteiger partial charge in [0, 0.05) is 20.1 Å². The van der Waals surface area contributed by atoms with Crippen molar-refractivity contribution in [3.05, 3.63) is 18.5 Å². The second-order valence-electron chi connectivity index (χ2n) is 1.34. The first-order valence-electron chi connectivity index (χ1n) is 2.32. The number of hydrogen-bond donors (Lipinski definition) is 2. The van der Waals surface area contributed by atoms with Crippen LogP contribution in [0.4, 0.5) is 0 Å². The third-order valence-electron chi connectivity index (χ3n) is 0.682. The Bertz CT molecular complexity index is 168. The minimum atomic E-state index is -1.81. The minimum absolute atomic E-state index is 0. The quantitative estimate of drug-likeness (QED) is 0.636. The Morgan fingerprint density at radius 3 is 2.60 bits per heavy atom. The van der Waals surface area contributed by atoms with Crippen molar-refractivity contribution in [2.75, 3.05) is 0 Å². The molecule has 10 heavy (non-hydrogen) atoms. The number of hydrogen-bond acceptors (Lipinski definition) is 4. The Morgan fingerprint density at radius 1 is 1.50 bits per heavy atom. The Hall–Kier alpha value is -0.356. The summed E-state index contributed by atoms with van der Waals surface area (Å²) in [7, 11) is -1.81. The topological polar surface area (TPSA) is 67.5 Å². The van der Waals surface area contributed by atoms with Gasteiger partial charge in [-0.15, -0.1) is 9.94 Å². The van der Waals surface area contributed by atoms with Crippen LogP contribution < -0.4 is 4.76 Å². The van der Waals surface area contributed by atoms with Crippen molar-refractivity contribution >= 4 is 7.32 Å². The van der Waals surface area contributed by atoms with Crippen molar-refractivity contribution in [1.82, 2.24) is 9.94 Å². The predicted octanol–water partition coefficient (Wildman–Crippen LogP) is -1.72. The molecule has 5 nitrogen and oxygen atoms in total. The van der Waals surface area contributed by atoms with Crippen LogP contribution in [-0.2, 0) is 20.1 Å². The van der Waals surface area contributed by atoms with E-state index in [4.69, 9.17) is 10.0 Å². The fraction of sp³-hybridized carbons (Fsp3) is 0. The average molecular weight is 320 g/mol. The number of nitrogens with zero attached hydrogens (tertiary/aromatic N) is 2. The molecule has 1 aromatic rings. The van der Waals surface area contributed by atoms with Gasteiger partial charge in [0.1, 0.15) is 0 Å². The molecule has 0 saturated carbocycles. The van der Waals surface area contributed by atoms with Crippen molar-refractivity contribution in [3.8, 4) is 0 Å². The zero-order valence-corrected chi connectivity index (χ0v) is 7.23. The maximum atomic E-state index is 8.20. The number of rotatable bonds is 2. The van der Waals surface area contributed by atoms with Gasteiger partial charge in [-0.1, -0.05) is 0 Å². The first kappa shape index (κ1) is 9.64. The fourth-order valence-corrected chi connectivity index (χ4v) is 0.414. The Morgan fingerprint density at radius 2 is 2.20 bits per heavy atom. The molecule has 0 bridgehead atoms. The molecule has 1 aromatic heterocycles. The monoisotopic (exact) mass is 321 g/mol. The molecule has 0 aliphatic rings. The molecule has 0 aliphatic carbocycles. The summed E-state index contributed by atoms with van der Waals surface area (Å²) >= 11 is 0. The molecule has 1 rings (SSSR count). The fourth-order valence-electron chi connectivity index (χ4n) is 0.414. The third-order valence-corrected chi connectivity index (χ3v) is 0.682. The maximum Gasteiger partial charge on any atom is 0.729 e. The summed E-state index contributed by atoms with van der Waals surface area (Å²) in [6, 6.07) is 1.60. The molecule has 0 unspecified atom stereocenters. The SMILES string of the molecule is OB(O)On1cccn1.[Ir]. The summed E-state index contributed by atoms with van der Waals surface area (Å²) in [5, 5.41) is 19.9. The van der Waals surface area contributed by atoms with Gasteiger partial charge < -0.3 is 14.8 Å². The van der Waals surface area contributed by atoms with E-state index in [0.29, 0.717) is 0 Å². The van der Waals surface area contributed by atoms with Crippen LogP contribution in [0, 0.1) is 0 Å². The van der Waals surface area contributed by atoms with Gasteiger partial charge in [0.2, 0.25) is 0 Å². The molecule has 1 heterocycles. The van der Waals surface area contributed by atoms with Gasteiger partial charge in [-0.25, -0.2) is 0 Å². The summed E-state index contributed by atoms with van der Waals surface area (Å²) in [6.07, 6.45) is 2.90. The Kier molecular flexibility index (Phi) is 4.30. The van der Waals surface area contributed by atoms with E-state index in [1.54, 1.807) is 6.07 Å². The van der Waals surface area contributed by atoms with E-state index in [2.05, 4.69) is 9.85 Å². The molecule has 57 valence electrons. The zero-order valence-electron chi connectivity index (χ0n) is 4.84. The van der Waals surface area contributed by atoms with Gasteiger partial charge in [-0.2, -0.15) is 0 Å². The molecule has 0 aromatic carbocycles. The molecule has 0 fully saturated rings. The number of aromatic nitrogens is 2. The molecule has 1 radical (unpaired) electrons. The van der Waals surface area contributed by atoms with Crippen molar-refractivity contribution in [3.63, 3.8) is 0 Å². The summed E-state index contributed by atoms with van der Waals surface area (Å²) in [4.78, 5) is 0.949. The first-order chi connectivity index (χ1) is 4.29. The van der Waals surface area contributed by atoms with Crippen LogP contribution in [-0.4, -0.2) is 27.3 Å². The van der Waals surface area contributed by atoms with Crippen LogP contribution in [0.1, 0.15) is 0 Å². The minimum Gasteiger partial charge on any atom is -0.405 e. The van der Waals surface area contributed by atoms with Crippen LogP contribution in [0.25, 0.3) is 0 Å². The van der Waals surface area contributed by atoms with E-state index in [-0.39, 0.29) is 20.1 Å². The largest absolute Gasteiger partial charge is 0.729 e. The normalized spacial score (nSPS) is 8.20. The van der Waals surface area contributed by atoms with E-state index in [1.807, 2.05) is 0 Å². The van der Waals surface area contributed by atoms with Gasteiger partial charge in [0.05, 0.1) is 12.4 Å². The molecular weight excluding hydrogens is 315 g/mol. The van der Waals surface area contributed by atoms with Gasteiger partial charge >= 0.3 is 7.32 Å². The van der Waals surface area contributed by atoms with Gasteiger partial charge in [0.25, 0.3) is 0 Å². The summed E-state index contributed by atoms with van der Waals surface area (Å²) in [5.74, 6) is 0. The standard InChI is InChI=1S/C3H5BN2O3.Ir/c7-4(8)9-6-3-1-2-5-6;/h1-3,7-8H;. The molecule has 0 atom stereocenters. The summed E-state index contributed by atoms with van der Waals surface area (Å²) in [5.41, 5.74) is 0. The molecule has 2 N–H and O–H groups in total. The van der Waals surface area contributed by atoms with Crippen LogP contribution in [0.5, 0.6) is 0 Å². The van der Waals surface area contributed by atoms with Crippen LogP contribution in [0.3, 0.4) is 0 Å². The second-order valence-corrected chi connectivity index (χ2v) is 1.34. The van der Waals surface area contributed by atoms with E-state index in [9.17, 15) is 0 Å². The molecule has 0 aliphatic heterocycles. The van der Waals surface area contributed by atoms with Crippen molar-refractivity contribution in [2.45, 2.75) is 0 Å². The third kappa shape index (κ3) is 2.98. The maximum absolute atomic E-state index is 8.20. The zero-order chi connectivity index (χ0) is 6.69. The van der Waals surface area contributed by atoms with Gasteiger partial charge in [-0.3, -0.25) is 0 Å². The second kappa shape index (κ2) is 4.46. The Labute approximate surface area is 71.1 Å². The van der Waals surface area contributed by atoms with Crippen molar-refractivity contribution in [1.29, 1.82) is 0 Å². The predicted molar refractivity (Wildman–Crippen MR) is 29.0 cm³/mol. The molecule has 0 spiro atoms. The summed E-state index contributed by atoms with van der Waals surface area (Å²) < 4.78 is 4.27. The van der Waals surface area contributed by atoms with Crippen LogP contribution in [0.15, 0.2) is 18.5 Å². The smallest absolute Gasteiger partial charge is 0.405 e. The van der Waals surface area contributed by atoms with E-state index >= 15 is 0 Å².